The zero-order valence-corrected chi connectivity index (χ0v) is 7.66. The Labute approximate surface area is 77.3 Å². The Balaban J connectivity index is 2.12. The number of hydrogen-bond donors (Lipinski definition) is 1. The van der Waals surface area contributed by atoms with Gasteiger partial charge in [-0.25, -0.2) is 0 Å². The largest absolute Gasteiger partial charge is 0.480 e. The molecule has 4 heteroatoms. The van der Waals surface area contributed by atoms with Crippen LogP contribution in [0, 0.1) is 0 Å². The maximum atomic E-state index is 4.94. The molecule has 1 saturated heterocycles. The van der Waals surface area contributed by atoms with Crippen LogP contribution in [0.4, 0.5) is 0 Å². The minimum Gasteiger partial charge on any atom is -0.480 e. The van der Waals surface area contributed by atoms with E-state index in [9.17, 15) is 0 Å². The van der Waals surface area contributed by atoms with E-state index in [4.69, 9.17) is 4.74 Å². The fourth-order valence-corrected chi connectivity index (χ4v) is 1.56. The molecule has 0 aliphatic carbocycles. The summed E-state index contributed by atoms with van der Waals surface area (Å²) in [4.78, 5) is 0. The fraction of sp³-hybridized carbons (Fsp3) is 0.556. The summed E-state index contributed by atoms with van der Waals surface area (Å²) in [6.07, 6.45) is 1.15. The molecule has 2 rings (SSSR count). The lowest BCUT2D eigenvalue weighted by atomic mass is 10.1. The third kappa shape index (κ3) is 1.78. The van der Waals surface area contributed by atoms with Gasteiger partial charge in [0.15, 0.2) is 0 Å². The maximum absolute atomic E-state index is 4.94. The van der Waals surface area contributed by atoms with Crippen LogP contribution in [0.3, 0.4) is 0 Å². The Kier molecular flexibility index (Phi) is 2.40. The van der Waals surface area contributed by atoms with Crippen LogP contribution in [-0.4, -0.2) is 30.4 Å². The molecule has 0 saturated carbocycles. The van der Waals surface area contributed by atoms with Crippen LogP contribution in [0.1, 0.15) is 18.0 Å². The van der Waals surface area contributed by atoms with E-state index in [1.54, 1.807) is 7.11 Å². The lowest BCUT2D eigenvalue weighted by Crippen LogP contribution is -2.09. The molecule has 0 bridgehead atoms. The third-order valence-corrected chi connectivity index (χ3v) is 2.35. The summed E-state index contributed by atoms with van der Waals surface area (Å²) >= 11 is 0. The normalized spacial score (nSPS) is 21.8. The van der Waals surface area contributed by atoms with E-state index >= 15 is 0 Å². The standard InChI is InChI=1S/C9H13N3O/c1-13-9-3-2-8(11-12-9)7-4-5-10-6-7/h2-3,7,10H,4-6H2,1H3. The van der Waals surface area contributed by atoms with Crippen LogP contribution in [0.25, 0.3) is 0 Å². The molecule has 13 heavy (non-hydrogen) atoms. The molecule has 0 spiro atoms. The molecule has 1 aliphatic rings. The molecule has 0 radical (unpaired) electrons. The SMILES string of the molecule is COc1ccc(C2CCNC2)nn1. The molecule has 1 fully saturated rings. The number of nitrogens with zero attached hydrogens (tertiary/aromatic N) is 2. The van der Waals surface area contributed by atoms with Gasteiger partial charge in [0.2, 0.25) is 5.88 Å². The first kappa shape index (κ1) is 8.44. The van der Waals surface area contributed by atoms with Crippen LogP contribution in [0.5, 0.6) is 5.88 Å². The van der Waals surface area contributed by atoms with Crippen molar-refractivity contribution in [2.75, 3.05) is 20.2 Å². The molecular weight excluding hydrogens is 166 g/mol. The summed E-state index contributed by atoms with van der Waals surface area (Å²) in [5.74, 6) is 1.10. The summed E-state index contributed by atoms with van der Waals surface area (Å²) in [5, 5.41) is 11.4. The highest BCUT2D eigenvalue weighted by Gasteiger charge is 2.17. The van der Waals surface area contributed by atoms with E-state index in [0.29, 0.717) is 11.8 Å². The summed E-state index contributed by atoms with van der Waals surface area (Å²) in [6.45, 7) is 2.10. The average molecular weight is 179 g/mol. The van der Waals surface area contributed by atoms with Gasteiger partial charge in [0, 0.05) is 18.5 Å². The minimum atomic E-state index is 0.526. The molecule has 1 aliphatic heterocycles. The van der Waals surface area contributed by atoms with Gasteiger partial charge < -0.3 is 10.1 Å². The monoisotopic (exact) mass is 179 g/mol. The third-order valence-electron chi connectivity index (χ3n) is 2.35. The van der Waals surface area contributed by atoms with Crippen molar-refractivity contribution >= 4 is 0 Å². The molecule has 2 heterocycles. The van der Waals surface area contributed by atoms with Crippen molar-refractivity contribution in [3.63, 3.8) is 0 Å². The van der Waals surface area contributed by atoms with Crippen LogP contribution < -0.4 is 10.1 Å². The van der Waals surface area contributed by atoms with Crippen molar-refractivity contribution < 1.29 is 4.74 Å². The molecule has 4 nitrogen and oxygen atoms in total. The first-order valence-corrected chi connectivity index (χ1v) is 4.48. The van der Waals surface area contributed by atoms with Crippen molar-refractivity contribution in [1.82, 2.24) is 15.5 Å². The lowest BCUT2D eigenvalue weighted by molar-refractivity contribution is 0.390. The summed E-state index contributed by atoms with van der Waals surface area (Å²) in [7, 11) is 1.60. The second-order valence-corrected chi connectivity index (χ2v) is 3.19. The van der Waals surface area contributed by atoms with E-state index in [1.165, 1.54) is 0 Å². The van der Waals surface area contributed by atoms with Crippen molar-refractivity contribution in [2.45, 2.75) is 12.3 Å². The second kappa shape index (κ2) is 3.70. The zero-order valence-electron chi connectivity index (χ0n) is 7.66. The number of hydrogen-bond acceptors (Lipinski definition) is 4. The van der Waals surface area contributed by atoms with Gasteiger partial charge in [-0.1, -0.05) is 0 Å². The van der Waals surface area contributed by atoms with Gasteiger partial charge in [0.1, 0.15) is 0 Å². The highest BCUT2D eigenvalue weighted by Crippen LogP contribution is 2.20. The topological polar surface area (TPSA) is 47.0 Å². The Morgan fingerprint density at radius 1 is 1.46 bits per heavy atom. The number of ether oxygens (including phenoxy) is 1. The van der Waals surface area contributed by atoms with Gasteiger partial charge in [-0.15, -0.1) is 5.10 Å². The number of rotatable bonds is 2. The Morgan fingerprint density at radius 3 is 2.92 bits per heavy atom. The highest BCUT2D eigenvalue weighted by atomic mass is 16.5. The van der Waals surface area contributed by atoms with Gasteiger partial charge in [-0.3, -0.25) is 0 Å². The van der Waals surface area contributed by atoms with Crippen LogP contribution in [0.2, 0.25) is 0 Å². The van der Waals surface area contributed by atoms with Gasteiger partial charge in [-0.2, -0.15) is 5.10 Å². The predicted octanol–water partition coefficient (Wildman–Crippen LogP) is 0.562. The zero-order chi connectivity index (χ0) is 9.10. The predicted molar refractivity (Wildman–Crippen MR) is 48.8 cm³/mol. The molecule has 1 aromatic rings. The molecule has 0 aromatic carbocycles. The Bertz CT molecular complexity index is 267. The lowest BCUT2D eigenvalue weighted by Gasteiger charge is -2.06. The van der Waals surface area contributed by atoms with Crippen molar-refractivity contribution in [2.24, 2.45) is 0 Å². The van der Waals surface area contributed by atoms with E-state index in [2.05, 4.69) is 15.5 Å². The summed E-state index contributed by atoms with van der Waals surface area (Å²) < 4.78 is 4.94. The molecule has 0 amide bonds. The quantitative estimate of drug-likeness (QED) is 0.720. The maximum Gasteiger partial charge on any atom is 0.233 e. The first-order chi connectivity index (χ1) is 6.40. The molecule has 1 N–H and O–H groups in total. The van der Waals surface area contributed by atoms with Gasteiger partial charge in [0.05, 0.1) is 12.8 Å². The molecule has 1 atom stereocenters. The van der Waals surface area contributed by atoms with Crippen LogP contribution in [0.15, 0.2) is 12.1 Å². The second-order valence-electron chi connectivity index (χ2n) is 3.19. The van der Waals surface area contributed by atoms with Gasteiger partial charge in [0.25, 0.3) is 0 Å². The molecular formula is C9H13N3O. The van der Waals surface area contributed by atoms with E-state index in [0.717, 1.165) is 25.2 Å². The smallest absolute Gasteiger partial charge is 0.233 e. The molecule has 1 unspecified atom stereocenters. The van der Waals surface area contributed by atoms with E-state index in [1.807, 2.05) is 12.1 Å². The van der Waals surface area contributed by atoms with Gasteiger partial charge >= 0.3 is 0 Å². The van der Waals surface area contributed by atoms with E-state index in [-0.39, 0.29) is 0 Å². The number of aromatic nitrogens is 2. The Morgan fingerprint density at radius 2 is 2.38 bits per heavy atom. The number of nitrogens with one attached hydrogen (secondary N) is 1. The van der Waals surface area contributed by atoms with Crippen molar-refractivity contribution in [3.8, 4) is 5.88 Å². The van der Waals surface area contributed by atoms with E-state index < -0.39 is 0 Å². The Hall–Kier alpha value is -1.16. The van der Waals surface area contributed by atoms with Crippen molar-refractivity contribution in [1.29, 1.82) is 0 Å². The molecule has 70 valence electrons. The van der Waals surface area contributed by atoms with Crippen LogP contribution >= 0.6 is 0 Å². The fourth-order valence-electron chi connectivity index (χ4n) is 1.56. The molecule has 1 aromatic heterocycles. The minimum absolute atomic E-state index is 0.526. The first-order valence-electron chi connectivity index (χ1n) is 4.48. The summed E-state index contributed by atoms with van der Waals surface area (Å²) in [6, 6.07) is 3.85. The average Bonchev–Trinajstić information content (AvgIpc) is 2.71. The highest BCUT2D eigenvalue weighted by molar-refractivity contribution is 5.15. The van der Waals surface area contributed by atoms with Crippen LogP contribution in [-0.2, 0) is 0 Å². The number of methoxy groups -OCH3 is 1. The van der Waals surface area contributed by atoms with Crippen molar-refractivity contribution in [3.05, 3.63) is 17.8 Å². The summed E-state index contributed by atoms with van der Waals surface area (Å²) in [5.41, 5.74) is 1.06. The van der Waals surface area contributed by atoms with Gasteiger partial charge in [-0.05, 0) is 19.0 Å².